The summed E-state index contributed by atoms with van der Waals surface area (Å²) in [4.78, 5) is 14.7. The molecule has 1 rings (SSSR count). The van der Waals surface area contributed by atoms with Gasteiger partial charge in [-0.15, -0.1) is 0 Å². The highest BCUT2D eigenvalue weighted by Gasteiger charge is 2.24. The van der Waals surface area contributed by atoms with Crippen LogP contribution >= 0.6 is 0 Å². The van der Waals surface area contributed by atoms with Crippen LogP contribution < -0.4 is 5.73 Å². The standard InChI is InChI=1S/C16H32N2O/c1-3-14(2)13-16(19)18(12-8-11-17)15-9-6-4-5-7-10-15/h14-15H,3-13,17H2,1-2H3. The largest absolute Gasteiger partial charge is 0.340 e. The van der Waals surface area contributed by atoms with Crippen molar-refractivity contribution >= 4 is 5.91 Å². The van der Waals surface area contributed by atoms with E-state index >= 15 is 0 Å². The Morgan fingerprint density at radius 3 is 2.42 bits per heavy atom. The second-order valence-electron chi connectivity index (χ2n) is 6.09. The van der Waals surface area contributed by atoms with E-state index in [-0.39, 0.29) is 0 Å². The molecule has 19 heavy (non-hydrogen) atoms. The van der Waals surface area contributed by atoms with Crippen molar-refractivity contribution in [2.75, 3.05) is 13.1 Å². The van der Waals surface area contributed by atoms with Crippen molar-refractivity contribution in [3.63, 3.8) is 0 Å². The Labute approximate surface area is 118 Å². The lowest BCUT2D eigenvalue weighted by atomic mass is 10.0. The van der Waals surface area contributed by atoms with Crippen molar-refractivity contribution in [3.8, 4) is 0 Å². The molecule has 1 aliphatic rings. The van der Waals surface area contributed by atoms with E-state index in [2.05, 4.69) is 18.7 Å². The lowest BCUT2D eigenvalue weighted by molar-refractivity contribution is -0.134. The van der Waals surface area contributed by atoms with Gasteiger partial charge in [-0.1, -0.05) is 46.0 Å². The van der Waals surface area contributed by atoms with Crippen LogP contribution in [-0.2, 0) is 4.79 Å². The molecule has 1 amide bonds. The normalized spacial score (nSPS) is 18.9. The van der Waals surface area contributed by atoms with E-state index in [0.717, 1.165) is 19.4 Å². The number of amides is 1. The maximum absolute atomic E-state index is 12.5. The lowest BCUT2D eigenvalue weighted by Crippen LogP contribution is -2.42. The molecule has 3 nitrogen and oxygen atoms in total. The van der Waals surface area contributed by atoms with Gasteiger partial charge in [-0.05, 0) is 31.7 Å². The van der Waals surface area contributed by atoms with Gasteiger partial charge in [-0.25, -0.2) is 0 Å². The highest BCUT2D eigenvalue weighted by Crippen LogP contribution is 2.23. The smallest absolute Gasteiger partial charge is 0.223 e. The van der Waals surface area contributed by atoms with Crippen molar-refractivity contribution in [2.24, 2.45) is 11.7 Å². The van der Waals surface area contributed by atoms with E-state index in [9.17, 15) is 4.79 Å². The molecule has 3 heteroatoms. The molecule has 0 aromatic heterocycles. The Bertz CT molecular complexity index is 247. The SMILES string of the molecule is CCC(C)CC(=O)N(CCCN)C1CCCCCC1. The Hall–Kier alpha value is -0.570. The Morgan fingerprint density at radius 2 is 1.89 bits per heavy atom. The number of hydrogen-bond donors (Lipinski definition) is 1. The summed E-state index contributed by atoms with van der Waals surface area (Å²) in [5.74, 6) is 0.855. The average Bonchev–Trinajstić information content (AvgIpc) is 2.68. The fraction of sp³-hybridized carbons (Fsp3) is 0.938. The highest BCUT2D eigenvalue weighted by atomic mass is 16.2. The fourth-order valence-electron chi connectivity index (χ4n) is 2.90. The molecule has 2 N–H and O–H groups in total. The summed E-state index contributed by atoms with van der Waals surface area (Å²) in [6, 6.07) is 0.477. The zero-order chi connectivity index (χ0) is 14.1. The van der Waals surface area contributed by atoms with Gasteiger partial charge >= 0.3 is 0 Å². The predicted octanol–water partition coefficient (Wildman–Crippen LogP) is 3.32. The fourth-order valence-corrected chi connectivity index (χ4v) is 2.90. The van der Waals surface area contributed by atoms with E-state index in [1.165, 1.54) is 38.5 Å². The molecule has 0 radical (unpaired) electrons. The van der Waals surface area contributed by atoms with E-state index < -0.39 is 0 Å². The molecule has 0 bridgehead atoms. The number of nitrogens with two attached hydrogens (primary N) is 1. The molecule has 1 fully saturated rings. The molecule has 0 heterocycles. The second-order valence-corrected chi connectivity index (χ2v) is 6.09. The van der Waals surface area contributed by atoms with Gasteiger partial charge in [0.1, 0.15) is 0 Å². The monoisotopic (exact) mass is 268 g/mol. The molecule has 0 spiro atoms. The van der Waals surface area contributed by atoms with Gasteiger partial charge in [0.2, 0.25) is 5.91 Å². The first-order valence-corrected chi connectivity index (χ1v) is 8.18. The van der Waals surface area contributed by atoms with Crippen LogP contribution in [0.15, 0.2) is 0 Å². The summed E-state index contributed by atoms with van der Waals surface area (Å²) in [6.07, 6.45) is 10.3. The summed E-state index contributed by atoms with van der Waals surface area (Å²) >= 11 is 0. The minimum absolute atomic E-state index is 0.356. The molecule has 1 atom stereocenters. The zero-order valence-corrected chi connectivity index (χ0v) is 12.9. The number of carbonyl (C=O) groups is 1. The van der Waals surface area contributed by atoms with Crippen molar-refractivity contribution in [1.82, 2.24) is 4.90 Å². The van der Waals surface area contributed by atoms with E-state index in [4.69, 9.17) is 5.73 Å². The van der Waals surface area contributed by atoms with Crippen LogP contribution in [0.25, 0.3) is 0 Å². The van der Waals surface area contributed by atoms with E-state index in [1.807, 2.05) is 0 Å². The molecule has 112 valence electrons. The first-order chi connectivity index (χ1) is 9.19. The molecule has 0 aromatic rings. The van der Waals surface area contributed by atoms with Crippen molar-refractivity contribution < 1.29 is 4.79 Å². The number of rotatable bonds is 7. The Kier molecular flexibility index (Phi) is 8.11. The third-order valence-electron chi connectivity index (χ3n) is 4.41. The molecular weight excluding hydrogens is 236 g/mol. The van der Waals surface area contributed by atoms with Gasteiger partial charge in [-0.3, -0.25) is 4.79 Å². The molecule has 0 aromatic carbocycles. The van der Waals surface area contributed by atoms with E-state index in [0.29, 0.717) is 30.8 Å². The summed E-state index contributed by atoms with van der Waals surface area (Å²) < 4.78 is 0. The van der Waals surface area contributed by atoms with Crippen molar-refractivity contribution in [1.29, 1.82) is 0 Å². The molecule has 1 aliphatic carbocycles. The van der Waals surface area contributed by atoms with Gasteiger partial charge in [0.25, 0.3) is 0 Å². The van der Waals surface area contributed by atoms with E-state index in [1.54, 1.807) is 0 Å². The van der Waals surface area contributed by atoms with Gasteiger partial charge < -0.3 is 10.6 Å². The van der Waals surface area contributed by atoms with Crippen LogP contribution in [-0.4, -0.2) is 29.9 Å². The summed E-state index contributed by atoms with van der Waals surface area (Å²) in [6.45, 7) is 5.87. The topological polar surface area (TPSA) is 46.3 Å². The molecule has 0 aliphatic heterocycles. The first kappa shape index (κ1) is 16.5. The predicted molar refractivity (Wildman–Crippen MR) is 80.9 cm³/mol. The van der Waals surface area contributed by atoms with Crippen LogP contribution in [0.4, 0.5) is 0 Å². The quantitative estimate of drug-likeness (QED) is 0.720. The lowest BCUT2D eigenvalue weighted by Gasteiger charge is -2.32. The van der Waals surface area contributed by atoms with Crippen LogP contribution in [0.1, 0.15) is 71.6 Å². The summed E-state index contributed by atoms with van der Waals surface area (Å²) in [7, 11) is 0. The molecular formula is C16H32N2O. The third kappa shape index (κ3) is 5.94. The van der Waals surface area contributed by atoms with Gasteiger partial charge in [0.05, 0.1) is 0 Å². The highest BCUT2D eigenvalue weighted by molar-refractivity contribution is 5.76. The van der Waals surface area contributed by atoms with Gasteiger partial charge in [-0.2, -0.15) is 0 Å². The Balaban J connectivity index is 2.60. The van der Waals surface area contributed by atoms with Crippen LogP contribution in [0.2, 0.25) is 0 Å². The van der Waals surface area contributed by atoms with Gasteiger partial charge in [0, 0.05) is 19.0 Å². The number of nitrogens with zero attached hydrogens (tertiary/aromatic N) is 1. The molecule has 1 unspecified atom stereocenters. The molecule has 0 saturated heterocycles. The summed E-state index contributed by atoms with van der Waals surface area (Å²) in [5.41, 5.74) is 5.63. The second kappa shape index (κ2) is 9.35. The van der Waals surface area contributed by atoms with Crippen LogP contribution in [0, 0.1) is 5.92 Å². The number of hydrogen-bond acceptors (Lipinski definition) is 2. The van der Waals surface area contributed by atoms with Crippen molar-refractivity contribution in [3.05, 3.63) is 0 Å². The van der Waals surface area contributed by atoms with Gasteiger partial charge in [0.15, 0.2) is 0 Å². The maximum Gasteiger partial charge on any atom is 0.223 e. The minimum atomic E-state index is 0.356. The minimum Gasteiger partial charge on any atom is -0.340 e. The summed E-state index contributed by atoms with van der Waals surface area (Å²) in [5, 5.41) is 0. The maximum atomic E-state index is 12.5. The van der Waals surface area contributed by atoms with Crippen molar-refractivity contribution in [2.45, 2.75) is 77.7 Å². The Morgan fingerprint density at radius 1 is 1.26 bits per heavy atom. The number of carbonyl (C=O) groups excluding carboxylic acids is 1. The zero-order valence-electron chi connectivity index (χ0n) is 12.9. The van der Waals surface area contributed by atoms with Crippen LogP contribution in [0.3, 0.4) is 0 Å². The third-order valence-corrected chi connectivity index (χ3v) is 4.41. The molecule has 1 saturated carbocycles. The van der Waals surface area contributed by atoms with Crippen LogP contribution in [0.5, 0.6) is 0 Å². The first-order valence-electron chi connectivity index (χ1n) is 8.18. The average molecular weight is 268 g/mol.